The average molecular weight is 393 g/mol. The summed E-state index contributed by atoms with van der Waals surface area (Å²) in [5, 5.41) is 0. The Morgan fingerprint density at radius 1 is 0.440 bits per heavy atom. The smallest absolute Gasteiger partial charge is 0.322 e. The van der Waals surface area contributed by atoms with Gasteiger partial charge in [0.15, 0.2) is 0 Å². The fourth-order valence-corrected chi connectivity index (χ4v) is 7.64. The van der Waals surface area contributed by atoms with E-state index in [-0.39, 0.29) is 22.4 Å². The lowest BCUT2D eigenvalue weighted by atomic mass is 10.2. The number of hydrogen-bond donors (Lipinski definition) is 0. The molecule has 0 N–H and O–H groups in total. The molecule has 0 aliphatic rings. The predicted octanol–water partition coefficient (Wildman–Crippen LogP) is 5.08. The summed E-state index contributed by atoms with van der Waals surface area (Å²) in [5.41, 5.74) is -0.656. The largest absolute Gasteiger partial charge is 0.392 e. The molecule has 0 heterocycles. The quantitative estimate of drug-likeness (QED) is 0.540. The van der Waals surface area contributed by atoms with Gasteiger partial charge in [0.05, 0.1) is 0 Å². The van der Waals surface area contributed by atoms with Crippen molar-refractivity contribution in [3.63, 3.8) is 0 Å². The van der Waals surface area contributed by atoms with Gasteiger partial charge < -0.3 is 17.7 Å². The van der Waals surface area contributed by atoms with Crippen LogP contribution in [0.25, 0.3) is 0 Å². The van der Waals surface area contributed by atoms with E-state index in [1.165, 1.54) is 0 Å². The molecular formula is C19H44O4Si2. The molecule has 0 aliphatic heterocycles. The monoisotopic (exact) mass is 392 g/mol. The molecule has 0 aromatic carbocycles. The molecule has 0 saturated carbocycles. The molecule has 0 aromatic rings. The highest BCUT2D eigenvalue weighted by Crippen LogP contribution is 2.23. The zero-order valence-corrected chi connectivity index (χ0v) is 21.2. The SMILES string of the molecule is CC(C)(C)O[SiH](CCC[SiH](OC(C)(C)C)OC(C)(C)C)OC(C)(C)C. The van der Waals surface area contributed by atoms with Crippen molar-refractivity contribution >= 4 is 18.6 Å². The summed E-state index contributed by atoms with van der Waals surface area (Å²) in [6, 6.07) is 1.97. The van der Waals surface area contributed by atoms with Crippen LogP contribution in [0.4, 0.5) is 0 Å². The number of rotatable bonds is 8. The molecule has 0 bridgehead atoms. The van der Waals surface area contributed by atoms with Gasteiger partial charge in [-0.05, 0) is 102 Å². The Balaban J connectivity index is 4.75. The lowest BCUT2D eigenvalue weighted by molar-refractivity contribution is 0.0316. The maximum absolute atomic E-state index is 6.25. The van der Waals surface area contributed by atoms with E-state index in [0.29, 0.717) is 0 Å². The van der Waals surface area contributed by atoms with Gasteiger partial charge in [0.1, 0.15) is 0 Å². The molecule has 0 rings (SSSR count). The van der Waals surface area contributed by atoms with Crippen LogP contribution in [0.15, 0.2) is 0 Å². The van der Waals surface area contributed by atoms with E-state index in [1.807, 2.05) is 0 Å². The summed E-state index contributed by atoms with van der Waals surface area (Å²) in [6.07, 6.45) is 1.03. The van der Waals surface area contributed by atoms with Crippen molar-refractivity contribution in [3.05, 3.63) is 0 Å². The van der Waals surface area contributed by atoms with Crippen LogP contribution in [0.1, 0.15) is 89.5 Å². The van der Waals surface area contributed by atoms with Crippen LogP contribution in [0.3, 0.4) is 0 Å². The molecule has 0 atom stereocenters. The van der Waals surface area contributed by atoms with E-state index < -0.39 is 18.6 Å². The summed E-state index contributed by atoms with van der Waals surface area (Å²) in [7, 11) is -3.48. The normalized spacial score (nSPS) is 14.6. The Kier molecular flexibility index (Phi) is 9.57. The summed E-state index contributed by atoms with van der Waals surface area (Å²) in [4.78, 5) is 0. The maximum atomic E-state index is 6.25. The van der Waals surface area contributed by atoms with Gasteiger partial charge >= 0.3 is 18.6 Å². The van der Waals surface area contributed by atoms with Crippen molar-refractivity contribution in [2.45, 2.75) is 124 Å². The molecule has 0 unspecified atom stereocenters. The van der Waals surface area contributed by atoms with E-state index >= 15 is 0 Å². The summed E-state index contributed by atoms with van der Waals surface area (Å²) in [5.74, 6) is 0. The van der Waals surface area contributed by atoms with Crippen molar-refractivity contribution in [2.24, 2.45) is 0 Å². The van der Waals surface area contributed by atoms with Crippen LogP contribution in [0.2, 0.25) is 12.1 Å². The molecule has 152 valence electrons. The first-order valence-electron chi connectivity index (χ1n) is 9.58. The minimum atomic E-state index is -1.74. The summed E-state index contributed by atoms with van der Waals surface area (Å²) < 4.78 is 25.0. The van der Waals surface area contributed by atoms with Crippen molar-refractivity contribution in [1.29, 1.82) is 0 Å². The second-order valence-corrected chi connectivity index (χ2v) is 14.5. The van der Waals surface area contributed by atoms with Gasteiger partial charge in [0.2, 0.25) is 0 Å². The molecule has 25 heavy (non-hydrogen) atoms. The van der Waals surface area contributed by atoms with Crippen LogP contribution in [0.5, 0.6) is 0 Å². The van der Waals surface area contributed by atoms with E-state index in [1.54, 1.807) is 0 Å². The molecule has 0 spiro atoms. The van der Waals surface area contributed by atoms with Crippen LogP contribution in [0, 0.1) is 0 Å². The van der Waals surface area contributed by atoms with Crippen LogP contribution in [-0.2, 0) is 17.7 Å². The maximum Gasteiger partial charge on any atom is 0.322 e. The molecule has 0 fully saturated rings. The Morgan fingerprint density at radius 2 is 0.640 bits per heavy atom. The Hall–Kier alpha value is 0.274. The van der Waals surface area contributed by atoms with Gasteiger partial charge in [-0.15, -0.1) is 0 Å². The predicted molar refractivity (Wildman–Crippen MR) is 112 cm³/mol. The Morgan fingerprint density at radius 3 is 0.800 bits per heavy atom. The second-order valence-electron chi connectivity index (χ2n) is 10.7. The van der Waals surface area contributed by atoms with E-state index in [9.17, 15) is 0 Å². The fourth-order valence-electron chi connectivity index (χ4n) is 2.31. The number of hydrogen-bond acceptors (Lipinski definition) is 4. The lowest BCUT2D eigenvalue weighted by Crippen LogP contribution is -2.40. The van der Waals surface area contributed by atoms with Crippen LogP contribution < -0.4 is 0 Å². The highest BCUT2D eigenvalue weighted by molar-refractivity contribution is 6.46. The minimum absolute atomic E-state index is 0.164. The van der Waals surface area contributed by atoms with Crippen molar-refractivity contribution in [2.75, 3.05) is 0 Å². The molecule has 0 aromatic heterocycles. The zero-order valence-electron chi connectivity index (χ0n) is 18.9. The third kappa shape index (κ3) is 17.4. The van der Waals surface area contributed by atoms with Crippen LogP contribution in [-0.4, -0.2) is 41.0 Å². The third-order valence-electron chi connectivity index (χ3n) is 2.82. The van der Waals surface area contributed by atoms with Gasteiger partial charge in [0, 0.05) is 22.4 Å². The zero-order chi connectivity index (χ0) is 20.1. The first-order valence-corrected chi connectivity index (χ1v) is 13.1. The Labute approximate surface area is 160 Å². The highest BCUT2D eigenvalue weighted by atomic mass is 28.3. The van der Waals surface area contributed by atoms with Gasteiger partial charge in [0.25, 0.3) is 0 Å². The summed E-state index contributed by atoms with van der Waals surface area (Å²) in [6.45, 7) is 25.2. The molecule has 0 saturated heterocycles. The molecule has 0 aliphatic carbocycles. The topological polar surface area (TPSA) is 36.9 Å². The molecule has 4 nitrogen and oxygen atoms in total. The van der Waals surface area contributed by atoms with E-state index in [2.05, 4.69) is 83.1 Å². The van der Waals surface area contributed by atoms with E-state index in [0.717, 1.165) is 18.5 Å². The van der Waals surface area contributed by atoms with Gasteiger partial charge in [-0.2, -0.15) is 0 Å². The highest BCUT2D eigenvalue weighted by Gasteiger charge is 2.29. The molecule has 6 heteroatoms. The van der Waals surface area contributed by atoms with Gasteiger partial charge in [-0.3, -0.25) is 0 Å². The molecule has 0 radical (unpaired) electrons. The lowest BCUT2D eigenvalue weighted by Gasteiger charge is -2.33. The van der Waals surface area contributed by atoms with Crippen LogP contribution >= 0.6 is 0 Å². The first-order chi connectivity index (χ1) is 10.9. The first kappa shape index (κ1) is 25.3. The Bertz CT molecular complexity index is 305. The van der Waals surface area contributed by atoms with Gasteiger partial charge in [-0.25, -0.2) is 0 Å². The van der Waals surface area contributed by atoms with Gasteiger partial charge in [-0.1, -0.05) is 0 Å². The van der Waals surface area contributed by atoms with Crippen molar-refractivity contribution in [3.8, 4) is 0 Å². The molecule has 0 amide bonds. The third-order valence-corrected chi connectivity index (χ3v) is 8.46. The average Bonchev–Trinajstić information content (AvgIpc) is 2.18. The van der Waals surface area contributed by atoms with E-state index in [4.69, 9.17) is 17.7 Å². The standard InChI is InChI=1S/C19H44O4Si2/c1-16(2,3)20-24(21-17(4,5)6)14-13-15-25(22-18(7,8)9)23-19(10,11)12/h24-25H,13-15H2,1-12H3. The summed E-state index contributed by atoms with van der Waals surface area (Å²) >= 11 is 0. The van der Waals surface area contributed by atoms with Crippen molar-refractivity contribution in [1.82, 2.24) is 0 Å². The molecular weight excluding hydrogens is 348 g/mol. The minimum Gasteiger partial charge on any atom is -0.392 e. The van der Waals surface area contributed by atoms with Crippen molar-refractivity contribution < 1.29 is 17.7 Å². The fraction of sp³-hybridized carbons (Fsp3) is 1.00. The second kappa shape index (κ2) is 9.46.